The summed E-state index contributed by atoms with van der Waals surface area (Å²) in [6.45, 7) is 3.65. The van der Waals surface area contributed by atoms with E-state index in [1.54, 1.807) is 13.8 Å². The van der Waals surface area contributed by atoms with E-state index in [4.69, 9.17) is 9.84 Å². The number of esters is 1. The van der Waals surface area contributed by atoms with Crippen molar-refractivity contribution in [2.24, 2.45) is 0 Å². The molecule has 0 aliphatic heterocycles. The molecule has 0 aliphatic rings. The van der Waals surface area contributed by atoms with Gasteiger partial charge in [0.15, 0.2) is 0 Å². The van der Waals surface area contributed by atoms with E-state index in [0.29, 0.717) is 26.5 Å². The summed E-state index contributed by atoms with van der Waals surface area (Å²) in [6.07, 6.45) is 0. The number of H-pyrrole nitrogens is 1. The minimum Gasteiger partial charge on any atom is -0.481 e. The molecule has 0 bridgehead atoms. The topological polar surface area (TPSA) is 109 Å². The molecule has 0 saturated heterocycles. The number of aromatic nitrogens is 2. The van der Waals surface area contributed by atoms with Crippen molar-refractivity contribution in [3.8, 4) is 0 Å². The monoisotopic (exact) mass is 342 g/mol. The number of carboxylic acids is 1. The summed E-state index contributed by atoms with van der Waals surface area (Å²) in [5.41, 5.74) is 0.220. The van der Waals surface area contributed by atoms with Gasteiger partial charge in [-0.05, 0) is 19.4 Å². The zero-order valence-electron chi connectivity index (χ0n) is 12.0. The van der Waals surface area contributed by atoms with E-state index in [2.05, 4.69) is 9.97 Å². The number of nitrogens with zero attached hydrogens (tertiary/aromatic N) is 1. The van der Waals surface area contributed by atoms with Crippen LogP contribution in [0.3, 0.4) is 0 Å². The maximum Gasteiger partial charge on any atom is 0.348 e. The van der Waals surface area contributed by atoms with Crippen molar-refractivity contribution in [2.45, 2.75) is 19.6 Å². The average Bonchev–Trinajstić information content (AvgIpc) is 2.76. The molecule has 0 aliphatic carbocycles. The smallest absolute Gasteiger partial charge is 0.348 e. The number of carboxylic acid groups (broad SMARTS) is 1. The molecule has 7 nitrogen and oxygen atoms in total. The first-order chi connectivity index (χ1) is 10.4. The number of nitrogens with one attached hydrogen (secondary N) is 1. The first-order valence-electron chi connectivity index (χ1n) is 6.43. The maximum atomic E-state index is 12.1. The zero-order chi connectivity index (χ0) is 16.3. The fourth-order valence-electron chi connectivity index (χ4n) is 1.88. The number of hydrogen-bond acceptors (Lipinski definition) is 7. The van der Waals surface area contributed by atoms with Gasteiger partial charge in [-0.3, -0.25) is 9.59 Å². The Balaban J connectivity index is 2.36. The number of aromatic amines is 1. The molecule has 22 heavy (non-hydrogen) atoms. The van der Waals surface area contributed by atoms with Crippen LogP contribution in [0, 0.1) is 6.92 Å². The predicted molar refractivity (Wildman–Crippen MR) is 84.7 cm³/mol. The van der Waals surface area contributed by atoms with Crippen molar-refractivity contribution in [1.29, 1.82) is 0 Å². The Labute approximate surface area is 133 Å². The van der Waals surface area contributed by atoms with Crippen LogP contribution in [-0.4, -0.2) is 39.4 Å². The Morgan fingerprint density at radius 1 is 1.45 bits per heavy atom. The van der Waals surface area contributed by atoms with E-state index in [0.717, 1.165) is 23.1 Å². The van der Waals surface area contributed by atoms with Gasteiger partial charge in [-0.2, -0.15) is 0 Å². The molecular formula is C13H14N2O5S2. The van der Waals surface area contributed by atoms with Gasteiger partial charge in [-0.15, -0.1) is 23.1 Å². The highest BCUT2D eigenvalue weighted by Crippen LogP contribution is 2.28. The Morgan fingerprint density at radius 2 is 2.18 bits per heavy atom. The van der Waals surface area contributed by atoms with E-state index in [1.165, 1.54) is 0 Å². The van der Waals surface area contributed by atoms with Crippen molar-refractivity contribution < 1.29 is 19.4 Å². The Kier molecular flexibility index (Phi) is 5.19. The lowest BCUT2D eigenvalue weighted by molar-refractivity contribution is -0.133. The second-order valence-electron chi connectivity index (χ2n) is 4.36. The molecule has 0 amide bonds. The molecule has 2 aromatic heterocycles. The van der Waals surface area contributed by atoms with Gasteiger partial charge in [-0.1, -0.05) is 0 Å². The largest absolute Gasteiger partial charge is 0.481 e. The molecule has 2 rings (SSSR count). The third kappa shape index (κ3) is 3.47. The first kappa shape index (κ1) is 16.5. The summed E-state index contributed by atoms with van der Waals surface area (Å²) in [5.74, 6) is -0.794. The van der Waals surface area contributed by atoms with Gasteiger partial charge >= 0.3 is 11.9 Å². The van der Waals surface area contributed by atoms with E-state index >= 15 is 0 Å². The maximum absolute atomic E-state index is 12.1. The minimum absolute atomic E-state index is 0.0701. The molecule has 0 unspecified atom stereocenters. The van der Waals surface area contributed by atoms with Gasteiger partial charge < -0.3 is 14.8 Å². The first-order valence-corrected chi connectivity index (χ1v) is 8.40. The van der Waals surface area contributed by atoms with Crippen LogP contribution in [0.25, 0.3) is 10.2 Å². The molecule has 118 valence electrons. The van der Waals surface area contributed by atoms with Gasteiger partial charge in [0.2, 0.25) is 0 Å². The van der Waals surface area contributed by atoms with Gasteiger partial charge in [0.1, 0.15) is 15.5 Å². The molecule has 0 aromatic carbocycles. The fourth-order valence-corrected chi connectivity index (χ4v) is 3.58. The van der Waals surface area contributed by atoms with Crippen LogP contribution in [-0.2, 0) is 15.3 Å². The van der Waals surface area contributed by atoms with E-state index < -0.39 is 11.9 Å². The summed E-state index contributed by atoms with van der Waals surface area (Å²) in [7, 11) is 0. The van der Waals surface area contributed by atoms with Crippen LogP contribution in [0.1, 0.15) is 28.0 Å². The van der Waals surface area contributed by atoms with Crippen LogP contribution < -0.4 is 5.56 Å². The van der Waals surface area contributed by atoms with Crippen LogP contribution in [0.4, 0.5) is 0 Å². The quantitative estimate of drug-likeness (QED) is 0.770. The molecular weight excluding hydrogens is 328 g/mol. The number of hydrogen-bond donors (Lipinski definition) is 2. The molecule has 2 heterocycles. The summed E-state index contributed by atoms with van der Waals surface area (Å²) >= 11 is 2.25. The molecule has 0 radical (unpaired) electrons. The number of thioether (sulfide) groups is 1. The van der Waals surface area contributed by atoms with Crippen molar-refractivity contribution in [3.05, 3.63) is 26.6 Å². The fraction of sp³-hybridized carbons (Fsp3) is 0.385. The minimum atomic E-state index is -0.926. The summed E-state index contributed by atoms with van der Waals surface area (Å²) < 4.78 is 4.96. The predicted octanol–water partition coefficient (Wildman–Crippen LogP) is 1.79. The number of ether oxygens (including phenoxy) is 1. The van der Waals surface area contributed by atoms with E-state index in [1.807, 2.05) is 0 Å². The molecule has 0 atom stereocenters. The lowest BCUT2D eigenvalue weighted by Gasteiger charge is -2.00. The highest BCUT2D eigenvalue weighted by atomic mass is 32.2. The van der Waals surface area contributed by atoms with Crippen LogP contribution in [0.2, 0.25) is 0 Å². The number of aryl methyl sites for hydroxylation is 1. The van der Waals surface area contributed by atoms with Crippen molar-refractivity contribution >= 4 is 45.3 Å². The average molecular weight is 342 g/mol. The highest BCUT2D eigenvalue weighted by molar-refractivity contribution is 7.99. The SMILES string of the molecule is CCOC(=O)c1sc2nc(CSCC(=O)O)[nH]c(=O)c2c1C. The zero-order valence-corrected chi connectivity index (χ0v) is 13.6. The Hall–Kier alpha value is -1.87. The highest BCUT2D eigenvalue weighted by Gasteiger charge is 2.20. The summed E-state index contributed by atoms with van der Waals surface area (Å²) in [6, 6.07) is 0. The lowest BCUT2D eigenvalue weighted by atomic mass is 10.2. The summed E-state index contributed by atoms with van der Waals surface area (Å²) in [5, 5.41) is 8.98. The second kappa shape index (κ2) is 6.93. The third-order valence-electron chi connectivity index (χ3n) is 2.77. The lowest BCUT2D eigenvalue weighted by Crippen LogP contribution is -2.12. The number of carbonyl (C=O) groups excluding carboxylic acids is 1. The standard InChI is InChI=1S/C13H14N2O5S2/c1-3-20-13(19)10-6(2)9-11(18)14-7(15-12(9)22-10)4-21-5-8(16)17/h3-5H2,1-2H3,(H,16,17)(H,14,15,18). The molecule has 9 heteroatoms. The van der Waals surface area contributed by atoms with Crippen molar-refractivity contribution in [2.75, 3.05) is 12.4 Å². The number of aliphatic carboxylic acids is 1. The van der Waals surface area contributed by atoms with Crippen LogP contribution in [0.15, 0.2) is 4.79 Å². The number of thiophene rings is 1. The number of rotatable bonds is 6. The number of carbonyl (C=O) groups is 2. The van der Waals surface area contributed by atoms with Crippen LogP contribution >= 0.6 is 23.1 Å². The number of fused-ring (bicyclic) bond motifs is 1. The molecule has 2 aromatic rings. The third-order valence-corrected chi connectivity index (χ3v) is 4.87. The molecule has 0 spiro atoms. The van der Waals surface area contributed by atoms with Gasteiger partial charge in [0.05, 0.1) is 23.5 Å². The van der Waals surface area contributed by atoms with Gasteiger partial charge in [0, 0.05) is 0 Å². The van der Waals surface area contributed by atoms with Gasteiger partial charge in [-0.25, -0.2) is 9.78 Å². The normalized spacial score (nSPS) is 10.8. The summed E-state index contributed by atoms with van der Waals surface area (Å²) in [4.78, 5) is 42.2. The van der Waals surface area contributed by atoms with Gasteiger partial charge in [0.25, 0.3) is 5.56 Å². The van der Waals surface area contributed by atoms with Crippen molar-refractivity contribution in [1.82, 2.24) is 9.97 Å². The van der Waals surface area contributed by atoms with Crippen molar-refractivity contribution in [3.63, 3.8) is 0 Å². The molecule has 0 saturated carbocycles. The molecule has 2 N–H and O–H groups in total. The van der Waals surface area contributed by atoms with Crippen LogP contribution in [0.5, 0.6) is 0 Å². The van der Waals surface area contributed by atoms with E-state index in [-0.39, 0.29) is 23.7 Å². The Morgan fingerprint density at radius 3 is 2.82 bits per heavy atom. The second-order valence-corrected chi connectivity index (χ2v) is 6.34. The molecule has 0 fully saturated rings. The Bertz CT molecular complexity index is 781. The van der Waals surface area contributed by atoms with E-state index in [9.17, 15) is 14.4 Å².